The number of aliphatic hydroxyl groups is 1. The quantitative estimate of drug-likeness (QED) is 0.896. The number of benzene rings is 1. The summed E-state index contributed by atoms with van der Waals surface area (Å²) in [5.41, 5.74) is 1.98. The van der Waals surface area contributed by atoms with Crippen molar-refractivity contribution in [3.05, 3.63) is 35.4 Å². The zero-order chi connectivity index (χ0) is 16.9. The van der Waals surface area contributed by atoms with Crippen LogP contribution in [0, 0.1) is 0 Å². The van der Waals surface area contributed by atoms with Gasteiger partial charge in [-0.2, -0.15) is 0 Å². The maximum Gasteiger partial charge on any atom is 0.317 e. The summed E-state index contributed by atoms with van der Waals surface area (Å²) in [6.45, 7) is 8.27. The summed E-state index contributed by atoms with van der Waals surface area (Å²) in [5, 5.41) is 12.6. The summed E-state index contributed by atoms with van der Waals surface area (Å²) in [7, 11) is 0. The van der Waals surface area contributed by atoms with Crippen molar-refractivity contribution in [2.24, 2.45) is 0 Å². The highest BCUT2D eigenvalue weighted by molar-refractivity contribution is 5.74. The van der Waals surface area contributed by atoms with Gasteiger partial charge in [0.25, 0.3) is 0 Å². The summed E-state index contributed by atoms with van der Waals surface area (Å²) in [6.07, 6.45) is 1.24. The molecule has 1 aliphatic rings. The second-order valence-electron chi connectivity index (χ2n) is 7.12. The minimum atomic E-state index is -0.396. The van der Waals surface area contributed by atoms with Crippen LogP contribution in [0.2, 0.25) is 0 Å². The number of carbonyl (C=O) groups excluding carboxylic acids is 1. The molecule has 2 amide bonds. The molecule has 1 aromatic rings. The molecule has 0 saturated carbocycles. The lowest BCUT2D eigenvalue weighted by molar-refractivity contribution is -0.0149. The Morgan fingerprint density at radius 3 is 2.83 bits per heavy atom. The van der Waals surface area contributed by atoms with Crippen molar-refractivity contribution in [1.29, 1.82) is 0 Å². The summed E-state index contributed by atoms with van der Waals surface area (Å²) in [6, 6.07) is 7.94. The van der Waals surface area contributed by atoms with Crippen LogP contribution >= 0.6 is 0 Å². The van der Waals surface area contributed by atoms with Crippen LogP contribution in [0.5, 0.6) is 0 Å². The van der Waals surface area contributed by atoms with Gasteiger partial charge >= 0.3 is 6.03 Å². The highest BCUT2D eigenvalue weighted by atomic mass is 16.5. The van der Waals surface area contributed by atoms with E-state index in [-0.39, 0.29) is 11.6 Å². The zero-order valence-electron chi connectivity index (χ0n) is 14.3. The molecule has 5 nitrogen and oxygen atoms in total. The van der Waals surface area contributed by atoms with E-state index in [2.05, 4.69) is 11.4 Å². The Bertz CT molecular complexity index is 525. The maximum absolute atomic E-state index is 12.1. The molecule has 128 valence electrons. The SMILES string of the molecule is CC(C)(C)OCc1cccc(CNC(=O)N2CCCC(O)C2)c1. The van der Waals surface area contributed by atoms with Gasteiger partial charge in [-0.1, -0.05) is 24.3 Å². The molecule has 1 fully saturated rings. The van der Waals surface area contributed by atoms with Crippen molar-refractivity contribution in [2.45, 2.75) is 58.5 Å². The number of carbonyl (C=O) groups is 1. The van der Waals surface area contributed by atoms with Crippen molar-refractivity contribution in [3.63, 3.8) is 0 Å². The molecule has 2 rings (SSSR count). The third kappa shape index (κ3) is 6.20. The Morgan fingerprint density at radius 2 is 2.13 bits per heavy atom. The summed E-state index contributed by atoms with van der Waals surface area (Å²) in [5.74, 6) is 0. The lowest BCUT2D eigenvalue weighted by Crippen LogP contribution is -2.46. The molecular formula is C18H28N2O3. The Hall–Kier alpha value is -1.59. The van der Waals surface area contributed by atoms with Gasteiger partial charge in [-0.25, -0.2) is 4.79 Å². The topological polar surface area (TPSA) is 61.8 Å². The smallest absolute Gasteiger partial charge is 0.317 e. The summed E-state index contributed by atoms with van der Waals surface area (Å²) < 4.78 is 5.78. The van der Waals surface area contributed by atoms with Crippen LogP contribution in [0.1, 0.15) is 44.7 Å². The van der Waals surface area contributed by atoms with Crippen molar-refractivity contribution >= 4 is 6.03 Å². The van der Waals surface area contributed by atoms with Gasteiger partial charge in [0.05, 0.1) is 18.3 Å². The lowest BCUT2D eigenvalue weighted by Gasteiger charge is -2.30. The number of ether oxygens (including phenoxy) is 1. The van der Waals surface area contributed by atoms with Crippen LogP contribution in [-0.4, -0.2) is 40.8 Å². The Kier molecular flexibility index (Phi) is 6.02. The first-order valence-electron chi connectivity index (χ1n) is 8.26. The van der Waals surface area contributed by atoms with Crippen LogP contribution in [0.3, 0.4) is 0 Å². The number of nitrogens with one attached hydrogen (secondary N) is 1. The number of β-amino-alcohol motifs (C(OH)–C–C–N with tert-alkyl or cyclic N) is 1. The highest BCUT2D eigenvalue weighted by Crippen LogP contribution is 2.14. The fourth-order valence-corrected chi connectivity index (χ4v) is 2.56. The molecule has 5 heteroatoms. The molecule has 1 aliphatic heterocycles. The second kappa shape index (κ2) is 7.79. The number of nitrogens with zero attached hydrogens (tertiary/aromatic N) is 1. The second-order valence-corrected chi connectivity index (χ2v) is 7.12. The standard InChI is InChI=1S/C18H28N2O3/c1-18(2,3)23-13-15-7-4-6-14(10-15)11-19-17(22)20-9-5-8-16(21)12-20/h4,6-7,10,16,21H,5,8-9,11-13H2,1-3H3,(H,19,22). The lowest BCUT2D eigenvalue weighted by atomic mass is 10.1. The molecule has 0 spiro atoms. The van der Waals surface area contributed by atoms with Gasteiger partial charge in [-0.15, -0.1) is 0 Å². The molecule has 0 bridgehead atoms. The van der Waals surface area contributed by atoms with E-state index in [1.165, 1.54) is 0 Å². The minimum absolute atomic E-state index is 0.111. The maximum atomic E-state index is 12.1. The fraction of sp³-hybridized carbons (Fsp3) is 0.611. The Morgan fingerprint density at radius 1 is 1.39 bits per heavy atom. The molecule has 1 saturated heterocycles. The zero-order valence-corrected chi connectivity index (χ0v) is 14.3. The van der Waals surface area contributed by atoms with Gasteiger partial charge in [0.2, 0.25) is 0 Å². The van der Waals surface area contributed by atoms with Gasteiger partial charge in [0, 0.05) is 19.6 Å². The number of rotatable bonds is 4. The molecule has 0 aromatic heterocycles. The third-order valence-electron chi connectivity index (χ3n) is 3.79. The van der Waals surface area contributed by atoms with E-state index in [0.717, 1.165) is 24.0 Å². The average molecular weight is 320 g/mol. The van der Waals surface area contributed by atoms with Gasteiger partial charge in [-0.3, -0.25) is 0 Å². The summed E-state index contributed by atoms with van der Waals surface area (Å²) in [4.78, 5) is 13.8. The highest BCUT2D eigenvalue weighted by Gasteiger charge is 2.21. The first kappa shape index (κ1) is 17.8. The molecule has 1 atom stereocenters. The van der Waals surface area contributed by atoms with Crippen LogP contribution in [0.15, 0.2) is 24.3 Å². The molecule has 0 aliphatic carbocycles. The average Bonchev–Trinajstić information content (AvgIpc) is 2.50. The van der Waals surface area contributed by atoms with Crippen molar-refractivity contribution < 1.29 is 14.6 Å². The van der Waals surface area contributed by atoms with Crippen molar-refractivity contribution in [2.75, 3.05) is 13.1 Å². The van der Waals surface area contributed by atoms with E-state index in [9.17, 15) is 9.90 Å². The number of urea groups is 1. The Labute approximate surface area is 138 Å². The minimum Gasteiger partial charge on any atom is -0.391 e. The number of amides is 2. The fourth-order valence-electron chi connectivity index (χ4n) is 2.56. The third-order valence-corrected chi connectivity index (χ3v) is 3.79. The predicted molar refractivity (Wildman–Crippen MR) is 90.0 cm³/mol. The van der Waals surface area contributed by atoms with E-state index < -0.39 is 6.10 Å². The molecule has 0 radical (unpaired) electrons. The predicted octanol–water partition coefficient (Wildman–Crippen LogP) is 2.67. The molecule has 1 unspecified atom stereocenters. The van der Waals surface area contributed by atoms with Crippen molar-refractivity contribution in [3.8, 4) is 0 Å². The molecule has 1 aromatic carbocycles. The van der Waals surface area contributed by atoms with E-state index in [4.69, 9.17) is 4.74 Å². The number of aliphatic hydroxyl groups excluding tert-OH is 1. The number of piperidine rings is 1. The van der Waals surface area contributed by atoms with E-state index >= 15 is 0 Å². The largest absolute Gasteiger partial charge is 0.391 e. The van der Waals surface area contributed by atoms with Crippen LogP contribution in [-0.2, 0) is 17.9 Å². The normalized spacial score (nSPS) is 18.8. The van der Waals surface area contributed by atoms with Crippen LogP contribution in [0.25, 0.3) is 0 Å². The van der Waals surface area contributed by atoms with Gasteiger partial charge < -0.3 is 20.1 Å². The number of hydrogen-bond acceptors (Lipinski definition) is 3. The van der Waals surface area contributed by atoms with Gasteiger partial charge in [0.15, 0.2) is 0 Å². The first-order valence-corrected chi connectivity index (χ1v) is 8.26. The van der Waals surface area contributed by atoms with Gasteiger partial charge in [0.1, 0.15) is 0 Å². The Balaban J connectivity index is 1.84. The van der Waals surface area contributed by atoms with E-state index in [0.29, 0.717) is 26.2 Å². The van der Waals surface area contributed by atoms with E-state index in [1.54, 1.807) is 4.90 Å². The molecule has 23 heavy (non-hydrogen) atoms. The number of likely N-dealkylation sites (tertiary alicyclic amines) is 1. The molecular weight excluding hydrogens is 292 g/mol. The van der Waals surface area contributed by atoms with Crippen LogP contribution in [0.4, 0.5) is 4.79 Å². The van der Waals surface area contributed by atoms with Gasteiger partial charge in [-0.05, 0) is 44.7 Å². The summed E-state index contributed by atoms with van der Waals surface area (Å²) >= 11 is 0. The molecule has 1 heterocycles. The van der Waals surface area contributed by atoms with Crippen molar-refractivity contribution in [1.82, 2.24) is 10.2 Å². The monoisotopic (exact) mass is 320 g/mol. The van der Waals surface area contributed by atoms with Crippen LogP contribution < -0.4 is 5.32 Å². The number of hydrogen-bond donors (Lipinski definition) is 2. The van der Waals surface area contributed by atoms with E-state index in [1.807, 2.05) is 39.0 Å². The molecule has 2 N–H and O–H groups in total. The first-order chi connectivity index (χ1) is 10.8.